The molecule has 0 aliphatic carbocycles. The smallest absolute Gasteiger partial charge is 0.281 e. The molecule has 0 radical (unpaired) electrons. The van der Waals surface area contributed by atoms with Crippen molar-refractivity contribution in [2.24, 2.45) is 0 Å². The van der Waals surface area contributed by atoms with Crippen molar-refractivity contribution in [2.75, 3.05) is 21.3 Å². The van der Waals surface area contributed by atoms with Gasteiger partial charge in [0.2, 0.25) is 0 Å². The molecule has 0 amide bonds. The minimum atomic E-state index is -2.46. The van der Waals surface area contributed by atoms with Gasteiger partial charge in [-0.15, -0.1) is 0 Å². The number of methoxy groups -OCH3 is 3. The monoisotopic (exact) mass is 226 g/mol. The first kappa shape index (κ1) is 17.2. The van der Waals surface area contributed by atoms with Crippen LogP contribution in [0.3, 0.4) is 0 Å². The van der Waals surface area contributed by atoms with Gasteiger partial charge in [-0.1, -0.05) is 13.8 Å². The Morgan fingerprint density at radius 1 is 0.800 bits per heavy atom. The van der Waals surface area contributed by atoms with Gasteiger partial charge in [-0.25, -0.2) is 0 Å². The van der Waals surface area contributed by atoms with Crippen LogP contribution in [0.25, 0.3) is 0 Å². The van der Waals surface area contributed by atoms with Crippen LogP contribution in [0.2, 0.25) is 0 Å². The van der Waals surface area contributed by atoms with Gasteiger partial charge in [0.05, 0.1) is 0 Å². The molecular weight excluding hydrogens is 204 g/mol. The molecule has 0 saturated heterocycles. The summed E-state index contributed by atoms with van der Waals surface area (Å²) < 4.78 is 14.8. The van der Waals surface area contributed by atoms with E-state index < -0.39 is 11.9 Å². The summed E-state index contributed by atoms with van der Waals surface area (Å²) in [5, 5.41) is 23.8. The molecule has 0 rings (SSSR count). The number of rotatable bonds is 5. The summed E-state index contributed by atoms with van der Waals surface area (Å²) in [6.07, 6.45) is 0.615. The molecule has 0 heterocycles. The molecule has 0 spiro atoms. The lowest BCUT2D eigenvalue weighted by Crippen LogP contribution is -2.34. The molecule has 0 aromatic heterocycles. The lowest BCUT2D eigenvalue weighted by molar-refractivity contribution is -0.352. The van der Waals surface area contributed by atoms with E-state index in [1.807, 2.05) is 6.92 Å². The molecule has 6 nitrogen and oxygen atoms in total. The maximum Gasteiger partial charge on any atom is 0.281 e. The van der Waals surface area contributed by atoms with Crippen LogP contribution in [-0.2, 0) is 14.2 Å². The largest absolute Gasteiger partial charge is 0.344 e. The molecular formula is C9H22O6. The molecule has 15 heavy (non-hydrogen) atoms. The minimum absolute atomic E-state index is 0.0625. The molecule has 0 aliphatic heterocycles. The van der Waals surface area contributed by atoms with E-state index >= 15 is 0 Å². The van der Waals surface area contributed by atoms with E-state index in [2.05, 4.69) is 0 Å². The second kappa shape index (κ2) is 7.98. The number of hydrogen-bond donors (Lipinski definition) is 3. The Balaban J connectivity index is 0. The molecule has 0 bridgehead atoms. The quantitative estimate of drug-likeness (QED) is 0.573. The number of ether oxygens (including phenoxy) is 3. The van der Waals surface area contributed by atoms with E-state index in [9.17, 15) is 0 Å². The Bertz CT molecular complexity index is 121. The molecule has 0 aliphatic rings. The predicted molar refractivity (Wildman–Crippen MR) is 53.7 cm³/mol. The molecule has 0 aromatic rings. The average molecular weight is 226 g/mol. The lowest BCUT2D eigenvalue weighted by atomic mass is 10.4. The zero-order chi connectivity index (χ0) is 12.5. The number of hydrogen-bond acceptors (Lipinski definition) is 6. The summed E-state index contributed by atoms with van der Waals surface area (Å²) in [5.74, 6) is -3.29. The number of aliphatic hydroxyl groups is 3. The van der Waals surface area contributed by atoms with E-state index in [0.29, 0.717) is 6.42 Å². The third kappa shape index (κ3) is 8.73. The normalized spacial score (nSPS) is 12.0. The van der Waals surface area contributed by atoms with Gasteiger partial charge < -0.3 is 29.5 Å². The fourth-order valence-electron chi connectivity index (χ4n) is 0.683. The summed E-state index contributed by atoms with van der Waals surface area (Å²) in [7, 11) is 4.66. The van der Waals surface area contributed by atoms with E-state index in [4.69, 9.17) is 29.5 Å². The molecule has 0 aromatic carbocycles. The topological polar surface area (TPSA) is 88.4 Å². The lowest BCUT2D eigenvalue weighted by Gasteiger charge is -2.26. The van der Waals surface area contributed by atoms with Gasteiger partial charge in [0.1, 0.15) is 0 Å². The maximum absolute atomic E-state index is 7.94. The Labute approximate surface area is 90.4 Å². The van der Waals surface area contributed by atoms with Crippen LogP contribution >= 0.6 is 0 Å². The third-order valence-corrected chi connectivity index (χ3v) is 1.84. The van der Waals surface area contributed by atoms with Crippen LogP contribution in [0.4, 0.5) is 0 Å². The Morgan fingerprint density at radius 3 is 1.07 bits per heavy atom. The van der Waals surface area contributed by atoms with Gasteiger partial charge >= 0.3 is 0 Å². The Kier molecular flexibility index (Phi) is 9.13. The molecule has 0 fully saturated rings. The second-order valence-corrected chi connectivity index (χ2v) is 2.78. The van der Waals surface area contributed by atoms with Crippen LogP contribution in [0.5, 0.6) is 0 Å². The van der Waals surface area contributed by atoms with Gasteiger partial charge in [-0.3, -0.25) is 0 Å². The van der Waals surface area contributed by atoms with E-state index in [-0.39, 0.29) is 6.42 Å². The van der Waals surface area contributed by atoms with Crippen LogP contribution < -0.4 is 0 Å². The summed E-state index contributed by atoms with van der Waals surface area (Å²) >= 11 is 0. The van der Waals surface area contributed by atoms with Gasteiger partial charge in [0.25, 0.3) is 11.9 Å². The highest BCUT2D eigenvalue weighted by Crippen LogP contribution is 2.15. The van der Waals surface area contributed by atoms with Crippen LogP contribution in [0.1, 0.15) is 26.7 Å². The average Bonchev–Trinajstić information content (AvgIpc) is 2.22. The van der Waals surface area contributed by atoms with Crippen molar-refractivity contribution in [1.29, 1.82) is 0 Å². The van der Waals surface area contributed by atoms with Crippen LogP contribution in [-0.4, -0.2) is 48.6 Å². The Morgan fingerprint density at radius 2 is 1.07 bits per heavy atom. The summed E-state index contributed by atoms with van der Waals surface area (Å²) in [4.78, 5) is 0. The fraction of sp³-hybridized carbons (Fsp3) is 1.00. The first-order valence-corrected chi connectivity index (χ1v) is 4.63. The van der Waals surface area contributed by atoms with Crippen LogP contribution in [0.15, 0.2) is 0 Å². The van der Waals surface area contributed by atoms with Gasteiger partial charge in [0, 0.05) is 34.2 Å². The van der Waals surface area contributed by atoms with Crippen molar-refractivity contribution in [1.82, 2.24) is 0 Å². The van der Waals surface area contributed by atoms with Crippen molar-refractivity contribution in [2.45, 2.75) is 38.6 Å². The van der Waals surface area contributed by atoms with E-state index in [1.165, 1.54) is 6.92 Å². The first-order chi connectivity index (χ1) is 6.80. The molecule has 0 saturated carbocycles. The van der Waals surface area contributed by atoms with Crippen molar-refractivity contribution >= 4 is 0 Å². The molecule has 6 heteroatoms. The minimum Gasteiger partial charge on any atom is -0.344 e. The second-order valence-electron chi connectivity index (χ2n) is 2.78. The highest BCUT2D eigenvalue weighted by atomic mass is 16.9. The fourth-order valence-corrected chi connectivity index (χ4v) is 0.683. The third-order valence-electron chi connectivity index (χ3n) is 1.84. The SMILES string of the molecule is CCC(O)(O)O.CCC(OC)(OC)OC. The van der Waals surface area contributed by atoms with Gasteiger partial charge in [-0.05, 0) is 0 Å². The van der Waals surface area contributed by atoms with Crippen molar-refractivity contribution in [3.63, 3.8) is 0 Å². The molecule has 0 unspecified atom stereocenters. The highest BCUT2D eigenvalue weighted by Gasteiger charge is 2.25. The maximum atomic E-state index is 7.94. The van der Waals surface area contributed by atoms with Gasteiger partial charge in [0.15, 0.2) is 0 Å². The molecule has 0 atom stereocenters. The summed E-state index contributed by atoms with van der Waals surface area (Å²) in [6, 6.07) is 0. The first-order valence-electron chi connectivity index (χ1n) is 4.63. The van der Waals surface area contributed by atoms with E-state index in [0.717, 1.165) is 0 Å². The van der Waals surface area contributed by atoms with Crippen molar-refractivity contribution in [3.05, 3.63) is 0 Å². The summed E-state index contributed by atoms with van der Waals surface area (Å²) in [5.41, 5.74) is 0. The zero-order valence-corrected chi connectivity index (χ0v) is 9.98. The zero-order valence-electron chi connectivity index (χ0n) is 9.98. The standard InChI is InChI=1S/C6H14O3.C3H8O3/c1-5-6(7-2,8-3)9-4;1-2-3(4,5)6/h5H2,1-4H3;4-6H,2H2,1H3. The van der Waals surface area contributed by atoms with Crippen molar-refractivity contribution < 1.29 is 29.5 Å². The van der Waals surface area contributed by atoms with Crippen LogP contribution in [0, 0.1) is 0 Å². The predicted octanol–water partition coefficient (Wildman–Crippen LogP) is 0.0165. The van der Waals surface area contributed by atoms with E-state index in [1.54, 1.807) is 21.3 Å². The highest BCUT2D eigenvalue weighted by molar-refractivity contribution is 4.48. The Hall–Kier alpha value is -0.240. The molecule has 3 N–H and O–H groups in total. The van der Waals surface area contributed by atoms with Gasteiger partial charge in [-0.2, -0.15) is 0 Å². The molecule has 94 valence electrons. The summed E-state index contributed by atoms with van der Waals surface area (Å²) in [6.45, 7) is 3.39. The van der Waals surface area contributed by atoms with Crippen molar-refractivity contribution in [3.8, 4) is 0 Å².